The molecule has 1 amide bonds. The first kappa shape index (κ1) is 9.48. The summed E-state index contributed by atoms with van der Waals surface area (Å²) >= 11 is 0. The maximum atomic E-state index is 10.9. The summed E-state index contributed by atoms with van der Waals surface area (Å²) in [6.45, 7) is 0.780. The molecule has 1 saturated heterocycles. The van der Waals surface area contributed by atoms with E-state index in [1.54, 1.807) is 0 Å². The van der Waals surface area contributed by atoms with Crippen LogP contribution in [0, 0.1) is 0 Å². The van der Waals surface area contributed by atoms with Gasteiger partial charge >= 0.3 is 0 Å². The van der Waals surface area contributed by atoms with Crippen molar-refractivity contribution in [2.75, 3.05) is 6.61 Å². The molecule has 1 fully saturated rings. The lowest BCUT2D eigenvalue weighted by Crippen LogP contribution is -2.33. The van der Waals surface area contributed by atoms with Gasteiger partial charge in [0.05, 0.1) is 12.5 Å². The van der Waals surface area contributed by atoms with E-state index in [1.807, 2.05) is 0 Å². The first-order valence-corrected chi connectivity index (χ1v) is 4.44. The fourth-order valence-electron chi connectivity index (χ4n) is 1.41. The molecule has 1 atom stereocenters. The second kappa shape index (κ2) is 5.11. The third kappa shape index (κ3) is 3.19. The smallest absolute Gasteiger partial charge is 0.236 e. The second-order valence-electron chi connectivity index (χ2n) is 3.11. The number of nitrogens with two attached hydrogens (primary N) is 1. The molecule has 1 unspecified atom stereocenters. The summed E-state index contributed by atoms with van der Waals surface area (Å²) in [4.78, 5) is 10.9. The summed E-state index contributed by atoms with van der Waals surface area (Å²) in [6, 6.07) is 0. The molecule has 70 valence electrons. The van der Waals surface area contributed by atoms with Gasteiger partial charge in [-0.25, -0.2) is 5.84 Å². The third-order valence-corrected chi connectivity index (χ3v) is 2.10. The summed E-state index contributed by atoms with van der Waals surface area (Å²) in [5, 5.41) is 0. The third-order valence-electron chi connectivity index (χ3n) is 2.10. The minimum atomic E-state index is -0.137. The molecule has 1 rings (SSSR count). The van der Waals surface area contributed by atoms with Crippen molar-refractivity contribution in [3.63, 3.8) is 0 Å². The van der Waals surface area contributed by atoms with Gasteiger partial charge in [-0.05, 0) is 12.8 Å². The first-order chi connectivity index (χ1) is 5.83. The van der Waals surface area contributed by atoms with Crippen molar-refractivity contribution < 1.29 is 9.53 Å². The van der Waals surface area contributed by atoms with Gasteiger partial charge in [-0.15, -0.1) is 0 Å². The fraction of sp³-hybridized carbons (Fsp3) is 0.875. The van der Waals surface area contributed by atoms with Crippen molar-refractivity contribution in [2.45, 2.75) is 38.2 Å². The van der Waals surface area contributed by atoms with Crippen LogP contribution in [0.5, 0.6) is 0 Å². The van der Waals surface area contributed by atoms with Crippen LogP contribution in [0.2, 0.25) is 0 Å². The molecule has 0 bridgehead atoms. The SMILES string of the molecule is NNC(=O)CC1CCCCCO1. The van der Waals surface area contributed by atoms with E-state index < -0.39 is 0 Å². The molecule has 0 spiro atoms. The van der Waals surface area contributed by atoms with Crippen LogP contribution in [0.1, 0.15) is 32.1 Å². The lowest BCUT2D eigenvalue weighted by Gasteiger charge is -2.12. The van der Waals surface area contributed by atoms with Crippen LogP contribution in [0.4, 0.5) is 0 Å². The zero-order chi connectivity index (χ0) is 8.81. The predicted octanol–water partition coefficient (Wildman–Crippen LogP) is 0.326. The Hall–Kier alpha value is -0.610. The molecule has 12 heavy (non-hydrogen) atoms. The van der Waals surface area contributed by atoms with Crippen molar-refractivity contribution in [2.24, 2.45) is 5.84 Å². The lowest BCUT2D eigenvalue weighted by molar-refractivity contribution is -0.124. The van der Waals surface area contributed by atoms with E-state index in [0.29, 0.717) is 6.42 Å². The van der Waals surface area contributed by atoms with Crippen LogP contribution in [-0.2, 0) is 9.53 Å². The van der Waals surface area contributed by atoms with Crippen LogP contribution >= 0.6 is 0 Å². The van der Waals surface area contributed by atoms with Crippen molar-refractivity contribution in [3.8, 4) is 0 Å². The van der Waals surface area contributed by atoms with E-state index in [2.05, 4.69) is 5.43 Å². The molecule has 1 aliphatic rings. The zero-order valence-corrected chi connectivity index (χ0v) is 7.21. The molecule has 0 aromatic rings. The molecule has 0 aromatic heterocycles. The number of nitrogens with one attached hydrogen (secondary N) is 1. The number of hydrogen-bond acceptors (Lipinski definition) is 3. The van der Waals surface area contributed by atoms with Gasteiger partial charge in [0.25, 0.3) is 0 Å². The van der Waals surface area contributed by atoms with Gasteiger partial charge in [-0.2, -0.15) is 0 Å². The standard InChI is InChI=1S/C8H16N2O2/c9-10-8(11)6-7-4-2-1-3-5-12-7/h7H,1-6,9H2,(H,10,11). The summed E-state index contributed by atoms with van der Waals surface area (Å²) in [7, 11) is 0. The molecular weight excluding hydrogens is 156 g/mol. The minimum Gasteiger partial charge on any atom is -0.378 e. The number of ether oxygens (including phenoxy) is 1. The molecule has 3 N–H and O–H groups in total. The number of carbonyl (C=O) groups excluding carboxylic acids is 1. The highest BCUT2D eigenvalue weighted by atomic mass is 16.5. The van der Waals surface area contributed by atoms with Crippen molar-refractivity contribution >= 4 is 5.91 Å². The van der Waals surface area contributed by atoms with Gasteiger partial charge in [-0.1, -0.05) is 12.8 Å². The monoisotopic (exact) mass is 172 g/mol. The summed E-state index contributed by atoms with van der Waals surface area (Å²) in [6.07, 6.45) is 4.93. The summed E-state index contributed by atoms with van der Waals surface area (Å²) in [5.41, 5.74) is 2.11. The Bertz CT molecular complexity index is 142. The second-order valence-corrected chi connectivity index (χ2v) is 3.11. The Kier molecular flexibility index (Phi) is 4.04. The molecule has 0 aliphatic carbocycles. The van der Waals surface area contributed by atoms with Gasteiger partial charge in [-0.3, -0.25) is 10.2 Å². The van der Waals surface area contributed by atoms with Gasteiger partial charge < -0.3 is 4.74 Å². The normalized spacial score (nSPS) is 24.6. The van der Waals surface area contributed by atoms with Crippen LogP contribution in [0.15, 0.2) is 0 Å². The number of rotatable bonds is 2. The first-order valence-electron chi connectivity index (χ1n) is 4.44. The summed E-state index contributed by atoms with van der Waals surface area (Å²) in [5.74, 6) is 4.84. The van der Waals surface area contributed by atoms with Crippen LogP contribution in [0.25, 0.3) is 0 Å². The molecule has 1 aliphatic heterocycles. The molecule has 0 radical (unpaired) electrons. The minimum absolute atomic E-state index is 0.0797. The number of hydrogen-bond donors (Lipinski definition) is 2. The molecule has 1 heterocycles. The van der Waals surface area contributed by atoms with E-state index in [4.69, 9.17) is 10.6 Å². The average Bonchev–Trinajstić information content (AvgIpc) is 2.33. The quantitative estimate of drug-likeness (QED) is 0.358. The number of hydrazine groups is 1. The molecule has 4 nitrogen and oxygen atoms in total. The Balaban J connectivity index is 2.24. The molecular formula is C8H16N2O2. The number of amides is 1. The summed E-state index contributed by atoms with van der Waals surface area (Å²) < 4.78 is 5.46. The zero-order valence-electron chi connectivity index (χ0n) is 7.21. The van der Waals surface area contributed by atoms with Crippen LogP contribution < -0.4 is 11.3 Å². The lowest BCUT2D eigenvalue weighted by atomic mass is 10.1. The molecule has 0 saturated carbocycles. The maximum absolute atomic E-state index is 10.9. The van der Waals surface area contributed by atoms with E-state index in [0.717, 1.165) is 25.9 Å². The van der Waals surface area contributed by atoms with E-state index >= 15 is 0 Å². The van der Waals surface area contributed by atoms with Crippen molar-refractivity contribution in [1.82, 2.24) is 5.43 Å². The average molecular weight is 172 g/mol. The topological polar surface area (TPSA) is 64.3 Å². The molecule has 0 aromatic carbocycles. The highest BCUT2D eigenvalue weighted by Crippen LogP contribution is 2.15. The Morgan fingerprint density at radius 3 is 3.08 bits per heavy atom. The van der Waals surface area contributed by atoms with Crippen molar-refractivity contribution in [3.05, 3.63) is 0 Å². The Morgan fingerprint density at radius 1 is 1.50 bits per heavy atom. The van der Waals surface area contributed by atoms with Crippen molar-refractivity contribution in [1.29, 1.82) is 0 Å². The van der Waals surface area contributed by atoms with Crippen LogP contribution in [-0.4, -0.2) is 18.6 Å². The highest BCUT2D eigenvalue weighted by Gasteiger charge is 2.15. The predicted molar refractivity (Wildman–Crippen MR) is 45.2 cm³/mol. The molecule has 4 heteroatoms. The van der Waals surface area contributed by atoms with Gasteiger partial charge in [0.1, 0.15) is 0 Å². The van der Waals surface area contributed by atoms with E-state index in [-0.39, 0.29) is 12.0 Å². The largest absolute Gasteiger partial charge is 0.378 e. The number of carbonyl (C=O) groups is 1. The van der Waals surface area contributed by atoms with Gasteiger partial charge in [0.2, 0.25) is 5.91 Å². The maximum Gasteiger partial charge on any atom is 0.236 e. The Labute approximate surface area is 72.4 Å². The fourth-order valence-corrected chi connectivity index (χ4v) is 1.41. The Morgan fingerprint density at radius 2 is 2.33 bits per heavy atom. The highest BCUT2D eigenvalue weighted by molar-refractivity contribution is 5.75. The van der Waals surface area contributed by atoms with Crippen LogP contribution in [0.3, 0.4) is 0 Å². The van der Waals surface area contributed by atoms with E-state index in [9.17, 15) is 4.79 Å². The van der Waals surface area contributed by atoms with E-state index in [1.165, 1.54) is 6.42 Å². The van der Waals surface area contributed by atoms with Gasteiger partial charge in [0.15, 0.2) is 0 Å². The van der Waals surface area contributed by atoms with Gasteiger partial charge in [0, 0.05) is 6.61 Å².